The lowest BCUT2D eigenvalue weighted by Crippen LogP contribution is -2.21. The second kappa shape index (κ2) is 9.47. The van der Waals surface area contributed by atoms with Crippen molar-refractivity contribution in [2.75, 3.05) is 5.32 Å². The number of halogens is 1. The van der Waals surface area contributed by atoms with Crippen LogP contribution in [0.4, 0.5) is 11.4 Å². The average molecular weight is 404 g/mol. The van der Waals surface area contributed by atoms with Crippen molar-refractivity contribution >= 4 is 41.0 Å². The van der Waals surface area contributed by atoms with E-state index < -0.39 is 16.6 Å². The van der Waals surface area contributed by atoms with Gasteiger partial charge in [0.2, 0.25) is 11.8 Å². The number of nitrogens with zero attached hydrogens (tertiary/aromatic N) is 2. The minimum Gasteiger partial charge on any atom is -0.872 e. The summed E-state index contributed by atoms with van der Waals surface area (Å²) in [6, 6.07) is 8.28. The molecular formula is C18H16ClN4O5-. The van der Waals surface area contributed by atoms with Crippen molar-refractivity contribution in [1.29, 1.82) is 0 Å². The largest absolute Gasteiger partial charge is 0.872 e. The lowest BCUT2D eigenvalue weighted by Gasteiger charge is -2.09. The van der Waals surface area contributed by atoms with Crippen LogP contribution in [0.15, 0.2) is 41.5 Å². The molecule has 28 heavy (non-hydrogen) atoms. The zero-order chi connectivity index (χ0) is 20.7. The van der Waals surface area contributed by atoms with Gasteiger partial charge in [0, 0.05) is 35.7 Å². The summed E-state index contributed by atoms with van der Waals surface area (Å²) in [4.78, 5) is 33.8. The number of benzene rings is 2. The molecule has 0 fully saturated rings. The summed E-state index contributed by atoms with van der Waals surface area (Å²) in [6.45, 7) is 1.76. The molecule has 0 bridgehead atoms. The fourth-order valence-electron chi connectivity index (χ4n) is 2.16. The zero-order valence-electron chi connectivity index (χ0n) is 14.8. The minimum absolute atomic E-state index is 0.0383. The SMILES string of the molecule is Cc1c(Cl)cccc1NC(=O)CCC(=O)N/N=C\c1cc([N+](=O)[O-])ccc1[O-]. The van der Waals surface area contributed by atoms with Gasteiger partial charge in [0.05, 0.1) is 11.1 Å². The molecule has 146 valence electrons. The molecule has 0 aliphatic carbocycles. The number of carbonyl (C=O) groups is 2. The van der Waals surface area contributed by atoms with Crippen LogP contribution in [0.1, 0.15) is 24.0 Å². The zero-order valence-corrected chi connectivity index (χ0v) is 15.5. The van der Waals surface area contributed by atoms with E-state index in [0.717, 1.165) is 30.0 Å². The van der Waals surface area contributed by atoms with Gasteiger partial charge in [-0.2, -0.15) is 5.10 Å². The fourth-order valence-corrected chi connectivity index (χ4v) is 2.34. The summed E-state index contributed by atoms with van der Waals surface area (Å²) in [6.07, 6.45) is 0.793. The molecule has 0 heterocycles. The predicted octanol–water partition coefficient (Wildman–Crippen LogP) is 2.50. The van der Waals surface area contributed by atoms with Crippen molar-refractivity contribution in [3.8, 4) is 5.75 Å². The van der Waals surface area contributed by atoms with Crippen LogP contribution in [-0.4, -0.2) is 23.0 Å². The number of nitrogens with one attached hydrogen (secondary N) is 2. The third-order valence-electron chi connectivity index (χ3n) is 3.72. The molecule has 2 aromatic rings. The number of hydrogen-bond acceptors (Lipinski definition) is 6. The van der Waals surface area contributed by atoms with Gasteiger partial charge in [0.15, 0.2) is 0 Å². The maximum Gasteiger partial charge on any atom is 0.270 e. The van der Waals surface area contributed by atoms with E-state index in [9.17, 15) is 24.8 Å². The Kier molecular flexibility index (Phi) is 7.05. The predicted molar refractivity (Wildman–Crippen MR) is 102 cm³/mol. The molecule has 0 saturated carbocycles. The van der Waals surface area contributed by atoms with Crippen LogP contribution < -0.4 is 15.8 Å². The van der Waals surface area contributed by atoms with Crippen molar-refractivity contribution in [3.63, 3.8) is 0 Å². The Labute approximate surface area is 165 Å². The molecule has 2 N–H and O–H groups in total. The van der Waals surface area contributed by atoms with E-state index in [4.69, 9.17) is 11.6 Å². The van der Waals surface area contributed by atoms with E-state index >= 15 is 0 Å². The van der Waals surface area contributed by atoms with Gasteiger partial charge < -0.3 is 10.4 Å². The summed E-state index contributed by atoms with van der Waals surface area (Å²) in [5, 5.41) is 29.1. The van der Waals surface area contributed by atoms with E-state index in [-0.39, 0.29) is 30.0 Å². The first-order valence-corrected chi connectivity index (χ1v) is 8.48. The quantitative estimate of drug-likeness (QED) is 0.415. The molecule has 0 aromatic heterocycles. The highest BCUT2D eigenvalue weighted by atomic mass is 35.5. The van der Waals surface area contributed by atoms with Crippen LogP contribution in [0.25, 0.3) is 0 Å². The molecule has 0 aliphatic heterocycles. The summed E-state index contributed by atoms with van der Waals surface area (Å²) >= 11 is 5.98. The first-order chi connectivity index (χ1) is 13.3. The second-order valence-corrected chi connectivity index (χ2v) is 6.14. The van der Waals surface area contributed by atoms with E-state index in [1.807, 2.05) is 0 Å². The van der Waals surface area contributed by atoms with Gasteiger partial charge in [0.1, 0.15) is 0 Å². The van der Waals surface area contributed by atoms with E-state index in [2.05, 4.69) is 15.8 Å². The van der Waals surface area contributed by atoms with E-state index in [1.54, 1.807) is 25.1 Å². The standard InChI is InChI=1S/C18H17ClN4O5/c1-11-14(19)3-2-4-15(11)21-17(25)7-8-18(26)22-20-10-12-9-13(23(27)28)5-6-16(12)24/h2-6,9-10,24H,7-8H2,1H3,(H,21,25)(H,22,26)/p-1/b20-10-. The number of hydrazone groups is 1. The minimum atomic E-state index is -0.643. The highest BCUT2D eigenvalue weighted by Crippen LogP contribution is 2.23. The van der Waals surface area contributed by atoms with Crippen LogP contribution in [0.2, 0.25) is 5.02 Å². The summed E-state index contributed by atoms with van der Waals surface area (Å²) in [7, 11) is 0. The Balaban J connectivity index is 1.85. The molecule has 0 atom stereocenters. The molecule has 0 radical (unpaired) electrons. The molecule has 0 spiro atoms. The molecule has 0 unspecified atom stereocenters. The van der Waals surface area contributed by atoms with Gasteiger partial charge in [-0.3, -0.25) is 19.7 Å². The maximum atomic E-state index is 11.9. The average Bonchev–Trinajstić information content (AvgIpc) is 2.65. The normalized spacial score (nSPS) is 10.6. The molecule has 0 aliphatic rings. The number of amides is 2. The van der Waals surface area contributed by atoms with Crippen molar-refractivity contribution in [3.05, 3.63) is 62.7 Å². The van der Waals surface area contributed by atoms with Gasteiger partial charge in [-0.15, -0.1) is 0 Å². The van der Waals surface area contributed by atoms with Crippen LogP contribution in [0.3, 0.4) is 0 Å². The lowest BCUT2D eigenvalue weighted by atomic mass is 10.2. The number of anilines is 1. The third kappa shape index (κ3) is 5.78. The Hall–Kier alpha value is -3.46. The molecule has 0 saturated heterocycles. The van der Waals surface area contributed by atoms with Crippen LogP contribution >= 0.6 is 11.6 Å². The van der Waals surface area contributed by atoms with Crippen LogP contribution in [0, 0.1) is 17.0 Å². The Morgan fingerprint density at radius 2 is 1.93 bits per heavy atom. The number of carbonyl (C=O) groups excluding carboxylic acids is 2. The molecule has 2 aromatic carbocycles. The number of nitro groups is 1. The van der Waals surface area contributed by atoms with Gasteiger partial charge >= 0.3 is 0 Å². The second-order valence-electron chi connectivity index (χ2n) is 5.73. The first-order valence-electron chi connectivity index (χ1n) is 8.10. The molecule has 9 nitrogen and oxygen atoms in total. The van der Waals surface area contributed by atoms with Crippen molar-refractivity contribution in [2.24, 2.45) is 5.10 Å². The van der Waals surface area contributed by atoms with Crippen LogP contribution in [-0.2, 0) is 9.59 Å². The number of nitro benzene ring substituents is 1. The van der Waals surface area contributed by atoms with Gasteiger partial charge in [-0.25, -0.2) is 5.43 Å². The van der Waals surface area contributed by atoms with Gasteiger partial charge in [0.25, 0.3) is 5.69 Å². The molecular weight excluding hydrogens is 388 g/mol. The highest BCUT2D eigenvalue weighted by molar-refractivity contribution is 6.31. The third-order valence-corrected chi connectivity index (χ3v) is 4.13. The topological polar surface area (TPSA) is 137 Å². The van der Waals surface area contributed by atoms with Gasteiger partial charge in [-0.05, 0) is 30.2 Å². The first kappa shape index (κ1) is 20.8. The highest BCUT2D eigenvalue weighted by Gasteiger charge is 2.09. The molecule has 10 heteroatoms. The monoisotopic (exact) mass is 403 g/mol. The van der Waals surface area contributed by atoms with E-state index in [1.165, 1.54) is 0 Å². The van der Waals surface area contributed by atoms with Crippen molar-refractivity contribution < 1.29 is 19.6 Å². The Bertz CT molecular complexity index is 946. The lowest BCUT2D eigenvalue weighted by molar-refractivity contribution is -0.385. The fraction of sp³-hybridized carbons (Fsp3) is 0.167. The molecule has 2 rings (SSSR count). The number of hydrogen-bond donors (Lipinski definition) is 2. The van der Waals surface area contributed by atoms with Crippen molar-refractivity contribution in [2.45, 2.75) is 19.8 Å². The number of rotatable bonds is 7. The number of non-ortho nitro benzene ring substituents is 1. The summed E-state index contributed by atoms with van der Waals surface area (Å²) in [5.74, 6) is -1.39. The Morgan fingerprint density at radius 3 is 2.64 bits per heavy atom. The van der Waals surface area contributed by atoms with Gasteiger partial charge in [-0.1, -0.05) is 29.5 Å². The summed E-state index contributed by atoms with van der Waals surface area (Å²) in [5.41, 5.74) is 3.14. The van der Waals surface area contributed by atoms with Crippen LogP contribution in [0.5, 0.6) is 5.75 Å². The summed E-state index contributed by atoms with van der Waals surface area (Å²) < 4.78 is 0. The smallest absolute Gasteiger partial charge is 0.270 e. The molecule has 2 amide bonds. The Morgan fingerprint density at radius 1 is 1.21 bits per heavy atom. The maximum absolute atomic E-state index is 11.9. The van der Waals surface area contributed by atoms with Crippen molar-refractivity contribution in [1.82, 2.24) is 5.43 Å². The van der Waals surface area contributed by atoms with E-state index in [0.29, 0.717) is 10.7 Å².